The number of hydrogen-bond donors (Lipinski definition) is 1. The third-order valence-corrected chi connectivity index (χ3v) is 4.71. The average molecular weight is 300 g/mol. The lowest BCUT2D eigenvalue weighted by molar-refractivity contribution is 0.0432. The smallest absolute Gasteiger partial charge is 0.292 e. The first kappa shape index (κ1) is 13.3. The Labute approximate surface area is 127 Å². The number of carbonyl (C=O) groups is 1. The standard InChI is InChI=1S/C16H16N2O4/c19-9-16-8-18(15(20)14-5-6-17-22-14)7-12(16)11-3-1-2-4-13(11)21-10-16/h1-6,12,19H,7-10H2/t12-,16-/m1/s1. The van der Waals surface area contributed by atoms with Crippen LogP contribution in [0.4, 0.5) is 0 Å². The molecule has 114 valence electrons. The van der Waals surface area contributed by atoms with Crippen LogP contribution in [-0.4, -0.2) is 47.4 Å². The van der Waals surface area contributed by atoms with Gasteiger partial charge in [0.15, 0.2) is 0 Å². The molecule has 1 aromatic heterocycles. The average Bonchev–Trinajstić information content (AvgIpc) is 3.22. The summed E-state index contributed by atoms with van der Waals surface area (Å²) in [7, 11) is 0. The van der Waals surface area contributed by atoms with E-state index in [1.54, 1.807) is 11.0 Å². The number of likely N-dealkylation sites (tertiary alicyclic amines) is 1. The molecule has 6 heteroatoms. The van der Waals surface area contributed by atoms with Gasteiger partial charge in [0.1, 0.15) is 5.75 Å². The highest BCUT2D eigenvalue weighted by atomic mass is 16.5. The monoisotopic (exact) mass is 300 g/mol. The molecule has 22 heavy (non-hydrogen) atoms. The molecule has 0 radical (unpaired) electrons. The van der Waals surface area contributed by atoms with E-state index in [0.29, 0.717) is 19.7 Å². The Hall–Kier alpha value is -2.34. The zero-order chi connectivity index (χ0) is 15.2. The predicted molar refractivity (Wildman–Crippen MR) is 76.6 cm³/mol. The summed E-state index contributed by atoms with van der Waals surface area (Å²) in [5.74, 6) is 0.929. The highest BCUT2D eigenvalue weighted by Crippen LogP contribution is 2.49. The molecule has 1 aromatic carbocycles. The maximum Gasteiger partial charge on any atom is 0.292 e. The lowest BCUT2D eigenvalue weighted by atomic mass is 9.74. The maximum atomic E-state index is 12.5. The van der Waals surface area contributed by atoms with E-state index in [4.69, 9.17) is 9.26 Å². The minimum absolute atomic E-state index is 0.0216. The maximum absolute atomic E-state index is 12.5. The summed E-state index contributed by atoms with van der Waals surface area (Å²) >= 11 is 0. The minimum atomic E-state index is -0.454. The van der Waals surface area contributed by atoms with E-state index in [1.807, 2.05) is 24.3 Å². The molecule has 0 bridgehead atoms. The number of rotatable bonds is 2. The van der Waals surface area contributed by atoms with Crippen LogP contribution in [-0.2, 0) is 0 Å². The predicted octanol–water partition coefficient (Wildman–Crippen LogP) is 1.29. The van der Waals surface area contributed by atoms with E-state index in [-0.39, 0.29) is 24.2 Å². The number of amides is 1. The Morgan fingerprint density at radius 2 is 2.27 bits per heavy atom. The molecule has 3 heterocycles. The van der Waals surface area contributed by atoms with Crippen LogP contribution in [0.5, 0.6) is 5.75 Å². The van der Waals surface area contributed by atoms with Crippen molar-refractivity contribution >= 4 is 5.91 Å². The van der Waals surface area contributed by atoms with Gasteiger partial charge in [-0.25, -0.2) is 0 Å². The largest absolute Gasteiger partial charge is 0.493 e. The van der Waals surface area contributed by atoms with Gasteiger partial charge < -0.3 is 19.3 Å². The van der Waals surface area contributed by atoms with Crippen molar-refractivity contribution < 1.29 is 19.2 Å². The van der Waals surface area contributed by atoms with Crippen molar-refractivity contribution in [2.75, 3.05) is 26.3 Å². The van der Waals surface area contributed by atoms with Crippen LogP contribution in [0.2, 0.25) is 0 Å². The van der Waals surface area contributed by atoms with Crippen molar-refractivity contribution in [2.24, 2.45) is 5.41 Å². The molecule has 6 nitrogen and oxygen atoms in total. The van der Waals surface area contributed by atoms with Crippen molar-refractivity contribution in [3.63, 3.8) is 0 Å². The van der Waals surface area contributed by atoms with E-state index >= 15 is 0 Å². The molecule has 1 fully saturated rings. The number of hydrogen-bond acceptors (Lipinski definition) is 5. The fraction of sp³-hybridized carbons (Fsp3) is 0.375. The molecule has 0 aliphatic carbocycles. The van der Waals surface area contributed by atoms with Crippen LogP contribution in [0.1, 0.15) is 22.0 Å². The molecule has 1 saturated heterocycles. The van der Waals surface area contributed by atoms with Crippen LogP contribution >= 0.6 is 0 Å². The zero-order valence-electron chi connectivity index (χ0n) is 11.9. The first-order chi connectivity index (χ1) is 10.7. The normalized spacial score (nSPS) is 26.2. The fourth-order valence-electron chi connectivity index (χ4n) is 3.51. The van der Waals surface area contributed by atoms with Crippen LogP contribution in [0.25, 0.3) is 0 Å². The number of aliphatic hydroxyl groups is 1. The Kier molecular flexibility index (Phi) is 2.94. The van der Waals surface area contributed by atoms with Crippen molar-refractivity contribution in [1.29, 1.82) is 0 Å². The lowest BCUT2D eigenvalue weighted by Crippen LogP contribution is -2.42. The fourth-order valence-corrected chi connectivity index (χ4v) is 3.51. The molecular formula is C16H16N2O4. The number of para-hydroxylation sites is 1. The molecule has 2 aliphatic rings. The summed E-state index contributed by atoms with van der Waals surface area (Å²) in [4.78, 5) is 14.2. The van der Waals surface area contributed by atoms with Crippen molar-refractivity contribution in [1.82, 2.24) is 10.1 Å². The van der Waals surface area contributed by atoms with E-state index in [1.165, 1.54) is 6.20 Å². The Morgan fingerprint density at radius 3 is 3.05 bits per heavy atom. The van der Waals surface area contributed by atoms with Gasteiger partial charge in [-0.05, 0) is 11.6 Å². The molecule has 1 N–H and O–H groups in total. The summed E-state index contributed by atoms with van der Waals surface area (Å²) < 4.78 is 10.8. The van der Waals surface area contributed by atoms with Crippen molar-refractivity contribution in [2.45, 2.75) is 5.92 Å². The summed E-state index contributed by atoms with van der Waals surface area (Å²) in [6.07, 6.45) is 1.45. The van der Waals surface area contributed by atoms with Crippen molar-refractivity contribution in [3.05, 3.63) is 47.9 Å². The molecule has 2 aliphatic heterocycles. The molecule has 0 saturated carbocycles. The number of ether oxygens (including phenoxy) is 1. The SMILES string of the molecule is O=C(c1ccno1)N1C[C@@H]2c3ccccc3OC[C@]2(CO)C1. The number of nitrogens with zero attached hydrogens (tertiary/aromatic N) is 2. The third-order valence-electron chi connectivity index (χ3n) is 4.71. The van der Waals surface area contributed by atoms with Crippen LogP contribution in [0.3, 0.4) is 0 Å². The van der Waals surface area contributed by atoms with E-state index < -0.39 is 5.41 Å². The van der Waals surface area contributed by atoms with Gasteiger partial charge in [-0.2, -0.15) is 0 Å². The topological polar surface area (TPSA) is 75.8 Å². The van der Waals surface area contributed by atoms with E-state index in [2.05, 4.69) is 5.16 Å². The Bertz CT molecular complexity index is 700. The second-order valence-corrected chi connectivity index (χ2v) is 5.96. The minimum Gasteiger partial charge on any atom is -0.493 e. The third kappa shape index (κ3) is 1.84. The summed E-state index contributed by atoms with van der Waals surface area (Å²) in [5, 5.41) is 13.5. The molecule has 0 spiro atoms. The van der Waals surface area contributed by atoms with E-state index in [9.17, 15) is 9.90 Å². The van der Waals surface area contributed by atoms with Gasteiger partial charge in [0.25, 0.3) is 5.91 Å². The first-order valence-corrected chi connectivity index (χ1v) is 7.26. The zero-order valence-corrected chi connectivity index (χ0v) is 11.9. The molecule has 0 unspecified atom stereocenters. The second-order valence-electron chi connectivity index (χ2n) is 5.96. The number of benzene rings is 1. The molecule has 1 amide bonds. The number of aromatic nitrogens is 1. The van der Waals surface area contributed by atoms with Crippen molar-refractivity contribution in [3.8, 4) is 5.75 Å². The summed E-state index contributed by atoms with van der Waals surface area (Å²) in [6.45, 7) is 1.38. The Morgan fingerprint density at radius 1 is 1.41 bits per heavy atom. The number of aliphatic hydroxyl groups excluding tert-OH is 1. The summed E-state index contributed by atoms with van der Waals surface area (Å²) in [5.41, 5.74) is 0.597. The van der Waals surface area contributed by atoms with E-state index in [0.717, 1.165) is 11.3 Å². The second kappa shape index (κ2) is 4.84. The van der Waals surface area contributed by atoms with Gasteiger partial charge >= 0.3 is 0 Å². The highest BCUT2D eigenvalue weighted by molar-refractivity contribution is 5.91. The summed E-state index contributed by atoms with van der Waals surface area (Å²) in [6, 6.07) is 9.37. The Balaban J connectivity index is 1.69. The van der Waals surface area contributed by atoms with Crippen LogP contribution in [0.15, 0.2) is 41.1 Å². The number of carbonyl (C=O) groups excluding carboxylic acids is 1. The van der Waals surface area contributed by atoms with Crippen LogP contribution in [0, 0.1) is 5.41 Å². The molecule has 2 aromatic rings. The molecular weight excluding hydrogens is 284 g/mol. The number of fused-ring (bicyclic) bond motifs is 3. The molecule has 4 rings (SSSR count). The van der Waals surface area contributed by atoms with Crippen LogP contribution < -0.4 is 4.74 Å². The van der Waals surface area contributed by atoms with Gasteiger partial charge in [0.2, 0.25) is 5.76 Å². The molecule has 2 atom stereocenters. The van der Waals surface area contributed by atoms with Gasteiger partial charge in [0.05, 0.1) is 24.8 Å². The first-order valence-electron chi connectivity index (χ1n) is 7.26. The van der Waals surface area contributed by atoms with Gasteiger partial charge in [-0.15, -0.1) is 0 Å². The van der Waals surface area contributed by atoms with Gasteiger partial charge in [-0.1, -0.05) is 23.4 Å². The van der Waals surface area contributed by atoms with Gasteiger partial charge in [0, 0.05) is 25.1 Å². The quantitative estimate of drug-likeness (QED) is 0.904. The van der Waals surface area contributed by atoms with Gasteiger partial charge in [-0.3, -0.25) is 4.79 Å². The highest BCUT2D eigenvalue weighted by Gasteiger charge is 2.52. The lowest BCUT2D eigenvalue weighted by Gasteiger charge is -2.37.